The molecule has 1 aliphatic carbocycles. The van der Waals surface area contributed by atoms with Gasteiger partial charge in [-0.2, -0.15) is 4.98 Å². The molecule has 0 bridgehead atoms. The van der Waals surface area contributed by atoms with Crippen LogP contribution in [0.5, 0.6) is 0 Å². The number of nitrogens with one attached hydrogen (secondary N) is 1. The van der Waals surface area contributed by atoms with Crippen molar-refractivity contribution in [1.82, 2.24) is 24.3 Å². The normalized spacial score (nSPS) is 23.5. The number of anilines is 1. The number of hydrogen-bond acceptors (Lipinski definition) is 7. The minimum absolute atomic E-state index is 0.0953. The standard InChI is InChI=1S/C28H40N8O3/c1-27(2,29)23-20-16-33(17-21(20)23)15-18-5-7-19(8-6-18)36-10-9-22(32-26(36)39)31-25(38)35-13-11-34(12-14-35)24(37)28(3,4)30/h5-10,20-21,23H,11-17,29-30H2,1-4H3,(H,31,32,38,39). The van der Waals surface area contributed by atoms with E-state index < -0.39 is 11.2 Å². The first-order chi connectivity index (χ1) is 18.3. The number of carbonyl (C=O) groups is 2. The lowest BCUT2D eigenvalue weighted by atomic mass is 9.96. The van der Waals surface area contributed by atoms with Crippen LogP contribution >= 0.6 is 0 Å². The smallest absolute Gasteiger partial charge is 0.338 e. The summed E-state index contributed by atoms with van der Waals surface area (Å²) >= 11 is 0. The van der Waals surface area contributed by atoms with Gasteiger partial charge < -0.3 is 21.3 Å². The Balaban J connectivity index is 1.13. The highest BCUT2D eigenvalue weighted by atomic mass is 16.2. The Labute approximate surface area is 229 Å². The van der Waals surface area contributed by atoms with Gasteiger partial charge in [0, 0.05) is 57.5 Å². The second-order valence-electron chi connectivity index (χ2n) is 12.4. The molecule has 0 spiro atoms. The molecule has 3 aliphatic rings. The second kappa shape index (κ2) is 10.0. The van der Waals surface area contributed by atoms with Crippen LogP contribution in [0.4, 0.5) is 10.6 Å². The fourth-order valence-electron chi connectivity index (χ4n) is 6.24. The maximum Gasteiger partial charge on any atom is 0.354 e. The fraction of sp³-hybridized carbons (Fsp3) is 0.571. The van der Waals surface area contributed by atoms with E-state index in [2.05, 4.69) is 29.0 Å². The number of benzene rings is 1. The minimum Gasteiger partial charge on any atom is -0.338 e. The third kappa shape index (κ3) is 5.85. The van der Waals surface area contributed by atoms with Crippen molar-refractivity contribution >= 4 is 17.8 Å². The molecule has 3 fully saturated rings. The molecule has 2 aromatic rings. The van der Waals surface area contributed by atoms with Crippen LogP contribution in [0.1, 0.15) is 33.3 Å². The number of piperidine rings is 1. The van der Waals surface area contributed by atoms with Crippen molar-refractivity contribution in [2.75, 3.05) is 44.6 Å². The summed E-state index contributed by atoms with van der Waals surface area (Å²) < 4.78 is 1.46. The van der Waals surface area contributed by atoms with Gasteiger partial charge in [-0.25, -0.2) is 9.59 Å². The number of nitrogens with zero attached hydrogens (tertiary/aromatic N) is 5. The lowest BCUT2D eigenvalue weighted by molar-refractivity contribution is -0.137. The molecule has 0 radical (unpaired) electrons. The van der Waals surface area contributed by atoms with Crippen LogP contribution in [0.3, 0.4) is 0 Å². The van der Waals surface area contributed by atoms with Crippen molar-refractivity contribution in [3.63, 3.8) is 0 Å². The molecule has 1 aromatic carbocycles. The van der Waals surface area contributed by atoms with Gasteiger partial charge in [0.2, 0.25) is 5.91 Å². The Hall–Kier alpha value is -3.28. The van der Waals surface area contributed by atoms with Crippen LogP contribution in [0.2, 0.25) is 0 Å². The van der Waals surface area contributed by atoms with Gasteiger partial charge in [-0.3, -0.25) is 19.6 Å². The summed E-state index contributed by atoms with van der Waals surface area (Å²) in [5.41, 5.74) is 12.6. The topological polar surface area (TPSA) is 143 Å². The average Bonchev–Trinajstić information content (AvgIpc) is 3.41. The summed E-state index contributed by atoms with van der Waals surface area (Å²) in [5.74, 6) is 2.10. The fourth-order valence-corrected chi connectivity index (χ4v) is 6.24. The van der Waals surface area contributed by atoms with E-state index in [9.17, 15) is 14.4 Å². The molecule has 3 heterocycles. The second-order valence-corrected chi connectivity index (χ2v) is 12.4. The SMILES string of the molecule is CC(C)(N)C(=O)N1CCN(C(=O)Nc2ccn(-c3ccc(CN4CC5C(C4)C5C(C)(C)N)cc3)c(=O)n2)CC1. The Bertz CT molecular complexity index is 1270. The van der Waals surface area contributed by atoms with Gasteiger partial charge >= 0.3 is 11.7 Å². The van der Waals surface area contributed by atoms with E-state index in [0.29, 0.717) is 49.6 Å². The predicted molar refractivity (Wildman–Crippen MR) is 149 cm³/mol. The molecule has 5 rings (SSSR count). The van der Waals surface area contributed by atoms with Crippen LogP contribution in [0, 0.1) is 17.8 Å². The van der Waals surface area contributed by atoms with E-state index in [1.54, 1.807) is 35.9 Å². The Kier molecular flexibility index (Phi) is 7.02. The van der Waals surface area contributed by atoms with Crippen LogP contribution in [0.15, 0.2) is 41.3 Å². The minimum atomic E-state index is -0.945. The van der Waals surface area contributed by atoms with Crippen LogP contribution in [0.25, 0.3) is 5.69 Å². The summed E-state index contributed by atoms with van der Waals surface area (Å²) in [4.78, 5) is 47.6. The molecule has 2 aliphatic heterocycles. The molecular formula is C28H40N8O3. The van der Waals surface area contributed by atoms with Crippen molar-refractivity contribution in [2.45, 2.75) is 45.3 Å². The number of likely N-dealkylation sites (tertiary alicyclic amines) is 1. The zero-order valence-electron chi connectivity index (χ0n) is 23.3. The largest absolute Gasteiger partial charge is 0.354 e. The van der Waals surface area contributed by atoms with E-state index in [-0.39, 0.29) is 23.3 Å². The third-order valence-electron chi connectivity index (χ3n) is 8.19. The maximum absolute atomic E-state index is 12.7. The quantitative estimate of drug-likeness (QED) is 0.501. The van der Waals surface area contributed by atoms with Crippen molar-refractivity contribution in [2.24, 2.45) is 29.2 Å². The van der Waals surface area contributed by atoms with Crippen molar-refractivity contribution in [1.29, 1.82) is 0 Å². The van der Waals surface area contributed by atoms with Gasteiger partial charge in [-0.1, -0.05) is 12.1 Å². The number of rotatable bonds is 6. The Morgan fingerprint density at radius 1 is 0.949 bits per heavy atom. The first-order valence-corrected chi connectivity index (χ1v) is 13.7. The summed E-state index contributed by atoms with van der Waals surface area (Å²) in [6, 6.07) is 9.18. The highest BCUT2D eigenvalue weighted by Gasteiger charge is 2.60. The van der Waals surface area contributed by atoms with Gasteiger partial charge in [-0.05, 0) is 69.2 Å². The molecule has 11 nitrogen and oxygen atoms in total. The first-order valence-electron chi connectivity index (χ1n) is 13.7. The lowest BCUT2D eigenvalue weighted by Crippen LogP contribution is -2.58. The van der Waals surface area contributed by atoms with E-state index in [1.807, 2.05) is 24.3 Å². The molecule has 1 aromatic heterocycles. The van der Waals surface area contributed by atoms with Gasteiger partial charge in [0.25, 0.3) is 0 Å². The van der Waals surface area contributed by atoms with Crippen LogP contribution in [-0.4, -0.2) is 86.5 Å². The predicted octanol–water partition coefficient (Wildman–Crippen LogP) is 1.06. The summed E-state index contributed by atoms with van der Waals surface area (Å²) in [6.45, 7) is 12.2. The van der Waals surface area contributed by atoms with Crippen LogP contribution in [-0.2, 0) is 11.3 Å². The highest BCUT2D eigenvalue weighted by Crippen LogP contribution is 2.56. The van der Waals surface area contributed by atoms with E-state index >= 15 is 0 Å². The summed E-state index contributed by atoms with van der Waals surface area (Å²) in [7, 11) is 0. The molecule has 3 amide bonds. The third-order valence-corrected chi connectivity index (χ3v) is 8.19. The number of aromatic nitrogens is 2. The molecule has 2 unspecified atom stereocenters. The van der Waals surface area contributed by atoms with Gasteiger partial charge in [-0.15, -0.1) is 0 Å². The number of amides is 3. The van der Waals surface area contributed by atoms with E-state index in [0.717, 1.165) is 19.6 Å². The molecular weight excluding hydrogens is 496 g/mol. The van der Waals surface area contributed by atoms with Crippen molar-refractivity contribution in [3.8, 4) is 5.69 Å². The van der Waals surface area contributed by atoms with E-state index in [4.69, 9.17) is 11.5 Å². The number of urea groups is 1. The number of carbonyl (C=O) groups excluding carboxylic acids is 2. The number of nitrogens with two attached hydrogens (primary N) is 2. The number of fused-ring (bicyclic) bond motifs is 1. The highest BCUT2D eigenvalue weighted by molar-refractivity contribution is 5.89. The molecule has 2 saturated heterocycles. The lowest BCUT2D eigenvalue weighted by Gasteiger charge is -2.37. The van der Waals surface area contributed by atoms with Crippen molar-refractivity contribution < 1.29 is 9.59 Å². The van der Waals surface area contributed by atoms with Gasteiger partial charge in [0.1, 0.15) is 5.82 Å². The zero-order chi connectivity index (χ0) is 28.1. The molecule has 1 saturated carbocycles. The molecule has 39 heavy (non-hydrogen) atoms. The van der Waals surface area contributed by atoms with Crippen molar-refractivity contribution in [3.05, 3.63) is 52.6 Å². The molecule has 5 N–H and O–H groups in total. The number of piperazine rings is 1. The maximum atomic E-state index is 12.7. The average molecular weight is 537 g/mol. The Morgan fingerprint density at radius 2 is 1.54 bits per heavy atom. The zero-order valence-corrected chi connectivity index (χ0v) is 23.3. The molecule has 11 heteroatoms. The number of hydrogen-bond donors (Lipinski definition) is 3. The van der Waals surface area contributed by atoms with Crippen LogP contribution < -0.4 is 22.5 Å². The van der Waals surface area contributed by atoms with Gasteiger partial charge in [0.05, 0.1) is 11.2 Å². The summed E-state index contributed by atoms with van der Waals surface area (Å²) in [5, 5.41) is 2.70. The molecule has 210 valence electrons. The Morgan fingerprint density at radius 3 is 2.08 bits per heavy atom. The first kappa shape index (κ1) is 27.3. The van der Waals surface area contributed by atoms with E-state index in [1.165, 1.54) is 10.1 Å². The molecule has 2 atom stereocenters. The summed E-state index contributed by atoms with van der Waals surface area (Å²) in [6.07, 6.45) is 1.61. The van der Waals surface area contributed by atoms with Gasteiger partial charge in [0.15, 0.2) is 0 Å². The monoisotopic (exact) mass is 536 g/mol.